The number of sulfonamides is 1. The molecule has 29 heavy (non-hydrogen) atoms. The molecule has 1 aromatic carbocycles. The van der Waals surface area contributed by atoms with Gasteiger partial charge < -0.3 is 15.1 Å². The van der Waals surface area contributed by atoms with Gasteiger partial charge in [-0.1, -0.05) is 24.3 Å². The standard InChI is InChI=1S/C20H27N3O5S/c1-15(2)23-29(26,27)14-17-9-7-16(8-10-17)13-22-19(24)6-3-11-21-20(25)18-5-4-12-28-18/h4-5,7-10,12,15,23H,3,6,11,13-14H2,1-2H3,(H,21,25)(H,22,24). The lowest BCUT2D eigenvalue weighted by Crippen LogP contribution is -2.31. The molecule has 0 bridgehead atoms. The fourth-order valence-electron chi connectivity index (χ4n) is 2.61. The topological polar surface area (TPSA) is 118 Å². The number of carbonyl (C=O) groups is 2. The zero-order valence-corrected chi connectivity index (χ0v) is 17.4. The molecule has 1 heterocycles. The molecule has 0 spiro atoms. The maximum absolute atomic E-state index is 11.9. The van der Waals surface area contributed by atoms with Crippen LogP contribution >= 0.6 is 0 Å². The summed E-state index contributed by atoms with van der Waals surface area (Å²) in [6.45, 7) is 4.28. The minimum atomic E-state index is -3.36. The average molecular weight is 422 g/mol. The summed E-state index contributed by atoms with van der Waals surface area (Å²) >= 11 is 0. The Morgan fingerprint density at radius 2 is 1.72 bits per heavy atom. The Morgan fingerprint density at radius 1 is 1.03 bits per heavy atom. The van der Waals surface area contributed by atoms with E-state index < -0.39 is 10.0 Å². The number of benzene rings is 1. The fraction of sp³-hybridized carbons (Fsp3) is 0.400. The first-order valence-electron chi connectivity index (χ1n) is 9.41. The Kier molecular flexibility index (Phi) is 8.41. The maximum atomic E-state index is 11.9. The molecule has 9 heteroatoms. The van der Waals surface area contributed by atoms with E-state index in [0.717, 1.165) is 5.56 Å². The van der Waals surface area contributed by atoms with Crippen molar-refractivity contribution in [2.24, 2.45) is 0 Å². The second kappa shape index (κ2) is 10.8. The van der Waals surface area contributed by atoms with Crippen LogP contribution in [0.5, 0.6) is 0 Å². The van der Waals surface area contributed by atoms with Gasteiger partial charge in [0.2, 0.25) is 15.9 Å². The lowest BCUT2D eigenvalue weighted by Gasteiger charge is -2.10. The summed E-state index contributed by atoms with van der Waals surface area (Å²) in [6.07, 6.45) is 2.23. The van der Waals surface area contributed by atoms with Crippen LogP contribution in [0.15, 0.2) is 47.1 Å². The highest BCUT2D eigenvalue weighted by Gasteiger charge is 2.13. The molecule has 2 rings (SSSR count). The first-order chi connectivity index (χ1) is 13.7. The number of carbonyl (C=O) groups excluding carboxylic acids is 2. The third kappa shape index (κ3) is 8.49. The van der Waals surface area contributed by atoms with Crippen LogP contribution in [0.4, 0.5) is 0 Å². The molecule has 3 N–H and O–H groups in total. The first-order valence-corrected chi connectivity index (χ1v) is 11.1. The average Bonchev–Trinajstić information content (AvgIpc) is 3.18. The zero-order chi connectivity index (χ0) is 21.3. The second-order valence-corrected chi connectivity index (χ2v) is 8.72. The second-order valence-electron chi connectivity index (χ2n) is 6.96. The minimum Gasteiger partial charge on any atom is -0.459 e. The van der Waals surface area contributed by atoms with Crippen LogP contribution in [-0.4, -0.2) is 32.8 Å². The van der Waals surface area contributed by atoms with Gasteiger partial charge in [0.25, 0.3) is 5.91 Å². The Morgan fingerprint density at radius 3 is 2.34 bits per heavy atom. The van der Waals surface area contributed by atoms with Gasteiger partial charge >= 0.3 is 0 Å². The Balaban J connectivity index is 1.67. The predicted molar refractivity (Wildman–Crippen MR) is 109 cm³/mol. The van der Waals surface area contributed by atoms with Gasteiger partial charge in [-0.25, -0.2) is 13.1 Å². The molecule has 0 aliphatic heterocycles. The molecule has 0 unspecified atom stereocenters. The van der Waals surface area contributed by atoms with Crippen LogP contribution in [0.3, 0.4) is 0 Å². The van der Waals surface area contributed by atoms with Gasteiger partial charge in [-0.15, -0.1) is 0 Å². The molecule has 0 aliphatic rings. The summed E-state index contributed by atoms with van der Waals surface area (Å²) < 4.78 is 31.4. The monoisotopic (exact) mass is 421 g/mol. The van der Waals surface area contributed by atoms with E-state index in [1.807, 2.05) is 0 Å². The smallest absolute Gasteiger partial charge is 0.286 e. The van der Waals surface area contributed by atoms with Crippen LogP contribution < -0.4 is 15.4 Å². The van der Waals surface area contributed by atoms with Gasteiger partial charge in [-0.3, -0.25) is 9.59 Å². The number of hydrogen-bond acceptors (Lipinski definition) is 5. The molecule has 8 nitrogen and oxygen atoms in total. The quantitative estimate of drug-likeness (QED) is 0.479. The number of nitrogens with one attached hydrogen (secondary N) is 3. The Bertz CT molecular complexity index is 891. The van der Waals surface area contributed by atoms with Crippen molar-refractivity contribution in [2.45, 2.75) is 45.0 Å². The van der Waals surface area contributed by atoms with E-state index in [1.165, 1.54) is 6.26 Å². The van der Waals surface area contributed by atoms with E-state index in [2.05, 4.69) is 15.4 Å². The highest BCUT2D eigenvalue weighted by molar-refractivity contribution is 7.88. The normalized spacial score (nSPS) is 11.4. The third-order valence-electron chi connectivity index (χ3n) is 3.90. The molecular weight excluding hydrogens is 394 g/mol. The molecule has 0 aliphatic carbocycles. The van der Waals surface area contributed by atoms with Crippen molar-refractivity contribution in [1.82, 2.24) is 15.4 Å². The van der Waals surface area contributed by atoms with Crippen molar-refractivity contribution < 1.29 is 22.4 Å². The molecular formula is C20H27N3O5S. The van der Waals surface area contributed by atoms with Crippen LogP contribution in [-0.2, 0) is 27.1 Å². The molecule has 158 valence electrons. The van der Waals surface area contributed by atoms with Crippen molar-refractivity contribution in [3.8, 4) is 0 Å². The van der Waals surface area contributed by atoms with Gasteiger partial charge in [0.1, 0.15) is 0 Å². The summed E-state index contributed by atoms with van der Waals surface area (Å²) in [5.74, 6) is -0.265. The van der Waals surface area contributed by atoms with Gasteiger partial charge in [0.15, 0.2) is 5.76 Å². The van der Waals surface area contributed by atoms with E-state index in [-0.39, 0.29) is 35.8 Å². The maximum Gasteiger partial charge on any atom is 0.286 e. The van der Waals surface area contributed by atoms with Crippen LogP contribution in [0, 0.1) is 0 Å². The van der Waals surface area contributed by atoms with E-state index in [4.69, 9.17) is 4.42 Å². The lowest BCUT2D eigenvalue weighted by atomic mass is 10.1. The largest absolute Gasteiger partial charge is 0.459 e. The molecule has 0 atom stereocenters. The SMILES string of the molecule is CC(C)NS(=O)(=O)Cc1ccc(CNC(=O)CCCNC(=O)c2ccco2)cc1. The van der Waals surface area contributed by atoms with Crippen LogP contribution in [0.2, 0.25) is 0 Å². The minimum absolute atomic E-state index is 0.0818. The number of rotatable bonds is 11. The molecule has 0 radical (unpaired) electrons. The third-order valence-corrected chi connectivity index (χ3v) is 5.44. The summed E-state index contributed by atoms with van der Waals surface area (Å²) in [5.41, 5.74) is 1.56. The molecule has 2 amide bonds. The Hall–Kier alpha value is -2.65. The van der Waals surface area contributed by atoms with Gasteiger partial charge in [0, 0.05) is 25.6 Å². The van der Waals surface area contributed by atoms with Crippen LogP contribution in [0.25, 0.3) is 0 Å². The highest BCUT2D eigenvalue weighted by Crippen LogP contribution is 2.08. The molecule has 1 aromatic heterocycles. The highest BCUT2D eigenvalue weighted by atomic mass is 32.2. The van der Waals surface area contributed by atoms with Crippen molar-refractivity contribution in [3.63, 3.8) is 0 Å². The molecule has 0 saturated heterocycles. The van der Waals surface area contributed by atoms with Crippen molar-refractivity contribution in [3.05, 3.63) is 59.5 Å². The van der Waals surface area contributed by atoms with Gasteiger partial charge in [0.05, 0.1) is 12.0 Å². The number of amides is 2. The Labute approximate surface area is 171 Å². The van der Waals surface area contributed by atoms with Gasteiger partial charge in [-0.05, 0) is 43.5 Å². The summed E-state index contributed by atoms with van der Waals surface area (Å²) in [4.78, 5) is 23.6. The van der Waals surface area contributed by atoms with Crippen LogP contribution in [0.1, 0.15) is 48.4 Å². The molecule has 2 aromatic rings. The van der Waals surface area contributed by atoms with Crippen molar-refractivity contribution >= 4 is 21.8 Å². The summed E-state index contributed by atoms with van der Waals surface area (Å²) in [7, 11) is -3.36. The van der Waals surface area contributed by atoms with Crippen molar-refractivity contribution in [1.29, 1.82) is 0 Å². The van der Waals surface area contributed by atoms with Crippen molar-refractivity contribution in [2.75, 3.05) is 6.54 Å². The first kappa shape index (κ1) is 22.6. The predicted octanol–water partition coefficient (Wildman–Crippen LogP) is 1.93. The molecule has 0 fully saturated rings. The van der Waals surface area contributed by atoms with Gasteiger partial charge in [-0.2, -0.15) is 0 Å². The van der Waals surface area contributed by atoms with E-state index in [0.29, 0.717) is 25.1 Å². The van der Waals surface area contributed by atoms with E-state index >= 15 is 0 Å². The number of furan rings is 1. The fourth-order valence-corrected chi connectivity index (χ4v) is 4.04. The van der Waals surface area contributed by atoms with E-state index in [1.54, 1.807) is 50.2 Å². The van der Waals surface area contributed by atoms with E-state index in [9.17, 15) is 18.0 Å². The lowest BCUT2D eigenvalue weighted by molar-refractivity contribution is -0.121. The molecule has 0 saturated carbocycles. The summed E-state index contributed by atoms with van der Waals surface area (Å²) in [5, 5.41) is 5.49. The number of hydrogen-bond donors (Lipinski definition) is 3. The summed E-state index contributed by atoms with van der Waals surface area (Å²) in [6, 6.07) is 10.1. The zero-order valence-electron chi connectivity index (χ0n) is 16.6.